The monoisotopic (exact) mass is 216 g/mol. The molecule has 0 spiro atoms. The summed E-state index contributed by atoms with van der Waals surface area (Å²) in [5.41, 5.74) is 5.79. The first-order valence-electron chi connectivity index (χ1n) is 2.89. The van der Waals surface area contributed by atoms with E-state index in [1.54, 1.807) is 24.3 Å². The predicted octanol–water partition coefficient (Wildman–Crippen LogP) is 0.0553. The van der Waals surface area contributed by atoms with Crippen LogP contribution in [-0.2, 0) is 3.74 Å². The average Bonchev–Trinajstić information content (AvgIpc) is 1.93. The summed E-state index contributed by atoms with van der Waals surface area (Å²) in [6, 6.07) is 6.56. The van der Waals surface area contributed by atoms with Gasteiger partial charge in [0, 0.05) is 0 Å². The van der Waals surface area contributed by atoms with Crippen LogP contribution in [-0.4, -0.2) is 19.4 Å². The Morgan fingerprint density at radius 1 is 1.45 bits per heavy atom. The molecule has 1 rings (SSSR count). The van der Waals surface area contributed by atoms with Gasteiger partial charge in [-0.1, -0.05) is 0 Å². The first-order valence-corrected chi connectivity index (χ1v) is 5.26. The van der Waals surface area contributed by atoms with Gasteiger partial charge in [0.15, 0.2) is 0 Å². The van der Waals surface area contributed by atoms with Crippen molar-refractivity contribution in [3.05, 3.63) is 24.3 Å². The molecule has 11 heavy (non-hydrogen) atoms. The van der Waals surface area contributed by atoms with E-state index >= 15 is 0 Å². The summed E-state index contributed by atoms with van der Waals surface area (Å²) in [6.45, 7) is 0. The number of nitrogen functional groups attached to an aromatic ring is 1. The van der Waals surface area contributed by atoms with Crippen LogP contribution < -0.4 is 9.46 Å². The van der Waals surface area contributed by atoms with Crippen molar-refractivity contribution in [1.29, 1.82) is 0 Å². The van der Waals surface area contributed by atoms with Crippen LogP contribution in [0.4, 0.5) is 5.69 Å². The molecule has 3 N–H and O–H groups in total. The number of nitrogens with two attached hydrogens (primary N) is 1. The molecule has 0 bridgehead atoms. The average molecular weight is 216 g/mol. The molecule has 0 fully saturated rings. The van der Waals surface area contributed by atoms with Gasteiger partial charge in [0.25, 0.3) is 0 Å². The van der Waals surface area contributed by atoms with Gasteiger partial charge in [0.1, 0.15) is 0 Å². The molecule has 1 aromatic rings. The van der Waals surface area contributed by atoms with Gasteiger partial charge in [0.2, 0.25) is 0 Å². The molecule has 59 valence electrons. The minimum atomic E-state index is -3.31. The van der Waals surface area contributed by atoms with Gasteiger partial charge in [0.05, 0.1) is 0 Å². The molecular weight excluding hydrogens is 209 g/mol. The third-order valence-electron chi connectivity index (χ3n) is 1.10. The van der Waals surface area contributed by atoms with E-state index in [-0.39, 0.29) is 5.75 Å². The van der Waals surface area contributed by atoms with Crippen molar-refractivity contribution in [2.24, 2.45) is 0 Å². The van der Waals surface area contributed by atoms with E-state index < -0.39 is 15.3 Å². The quantitative estimate of drug-likeness (QED) is 0.541. The molecule has 0 amide bonds. The van der Waals surface area contributed by atoms with Gasteiger partial charge in [-0.15, -0.1) is 0 Å². The normalized spacial score (nSPS) is 10.8. The first kappa shape index (κ1) is 8.24. The van der Waals surface area contributed by atoms with Crippen LogP contribution >= 0.6 is 0 Å². The zero-order valence-corrected chi connectivity index (χ0v) is 7.47. The molecule has 0 saturated heterocycles. The van der Waals surface area contributed by atoms with Crippen molar-refractivity contribution in [3.63, 3.8) is 0 Å². The molecule has 1 radical (unpaired) electrons. The molecular formula is C6H7AsNO3. The molecule has 1 atom stereocenters. The predicted molar refractivity (Wildman–Crippen MR) is 40.1 cm³/mol. The topological polar surface area (TPSA) is 72.5 Å². The number of para-hydroxylation sites is 2. The molecule has 0 aliphatic carbocycles. The van der Waals surface area contributed by atoms with Gasteiger partial charge >= 0.3 is 68.3 Å². The van der Waals surface area contributed by atoms with E-state index in [1.165, 1.54) is 0 Å². The van der Waals surface area contributed by atoms with Crippen molar-refractivity contribution in [2.45, 2.75) is 0 Å². The Kier molecular flexibility index (Phi) is 2.63. The van der Waals surface area contributed by atoms with E-state index in [1.807, 2.05) is 0 Å². The summed E-state index contributed by atoms with van der Waals surface area (Å²) in [5.74, 6) is 0.269. The number of hydrogen-bond acceptors (Lipinski definition) is 3. The molecule has 1 unspecified atom stereocenters. The molecule has 1 aromatic carbocycles. The fraction of sp³-hybridized carbons (Fsp3) is 0. The summed E-state index contributed by atoms with van der Waals surface area (Å²) in [7, 11) is 0. The Morgan fingerprint density at radius 2 is 2.09 bits per heavy atom. The molecule has 0 aromatic heterocycles. The molecule has 5 heteroatoms. The van der Waals surface area contributed by atoms with Crippen LogP contribution in [0.25, 0.3) is 0 Å². The van der Waals surface area contributed by atoms with E-state index in [0.29, 0.717) is 5.69 Å². The van der Waals surface area contributed by atoms with E-state index in [4.69, 9.17) is 9.83 Å². The summed E-state index contributed by atoms with van der Waals surface area (Å²) in [4.78, 5) is 0. The van der Waals surface area contributed by atoms with Gasteiger partial charge in [-0.2, -0.15) is 0 Å². The van der Waals surface area contributed by atoms with Crippen LogP contribution in [0.2, 0.25) is 0 Å². The zero-order valence-electron chi connectivity index (χ0n) is 5.60. The first-order chi connectivity index (χ1) is 5.20. The third-order valence-corrected chi connectivity index (χ3v) is 1.84. The standard InChI is InChI=1S/C6H7AsNO3/c8-5-3-1-2-4-6(5)11-7(9)10/h1-4H,8H2,(H,9,10). The van der Waals surface area contributed by atoms with Crippen LogP contribution in [0.1, 0.15) is 0 Å². The zero-order chi connectivity index (χ0) is 8.27. The van der Waals surface area contributed by atoms with Gasteiger partial charge in [-0.3, -0.25) is 0 Å². The molecule has 4 nitrogen and oxygen atoms in total. The number of benzene rings is 1. The second kappa shape index (κ2) is 3.51. The Bertz CT molecular complexity index is 276. The molecule has 0 saturated carbocycles. The summed E-state index contributed by atoms with van der Waals surface area (Å²) in [6.07, 6.45) is 0. The molecule has 0 aliphatic heterocycles. The fourth-order valence-corrected chi connectivity index (χ4v) is 1.35. The van der Waals surface area contributed by atoms with E-state index in [2.05, 4.69) is 3.73 Å². The van der Waals surface area contributed by atoms with Crippen molar-refractivity contribution < 1.29 is 11.6 Å². The van der Waals surface area contributed by atoms with Crippen LogP contribution in [0.5, 0.6) is 5.75 Å². The Labute approximate surface area is 68.8 Å². The van der Waals surface area contributed by atoms with Crippen molar-refractivity contribution in [3.8, 4) is 5.75 Å². The Balaban J connectivity index is 2.86. The molecule has 0 aliphatic rings. The van der Waals surface area contributed by atoms with Gasteiger partial charge in [-0.25, -0.2) is 0 Å². The second-order valence-electron chi connectivity index (χ2n) is 1.87. The number of hydrogen-bond donors (Lipinski definition) is 2. The second-order valence-corrected chi connectivity index (χ2v) is 3.25. The van der Waals surface area contributed by atoms with Gasteiger partial charge < -0.3 is 0 Å². The number of anilines is 1. The van der Waals surface area contributed by atoms with Crippen molar-refractivity contribution >= 4 is 21.0 Å². The van der Waals surface area contributed by atoms with Crippen molar-refractivity contribution in [2.75, 3.05) is 5.73 Å². The van der Waals surface area contributed by atoms with Crippen molar-refractivity contribution in [1.82, 2.24) is 0 Å². The van der Waals surface area contributed by atoms with E-state index in [9.17, 15) is 3.74 Å². The Hall–Kier alpha value is -0.862. The van der Waals surface area contributed by atoms with Gasteiger partial charge in [-0.05, 0) is 0 Å². The summed E-state index contributed by atoms with van der Waals surface area (Å²) >= 11 is -3.31. The van der Waals surface area contributed by atoms with Crippen LogP contribution in [0.15, 0.2) is 24.3 Å². The summed E-state index contributed by atoms with van der Waals surface area (Å²) < 4.78 is 23.3. The van der Waals surface area contributed by atoms with E-state index in [0.717, 1.165) is 0 Å². The maximum atomic E-state index is 10.3. The Morgan fingerprint density at radius 3 is 2.64 bits per heavy atom. The fourth-order valence-electron chi connectivity index (χ4n) is 0.648. The minimum absolute atomic E-state index is 0.269. The molecule has 0 heterocycles. The maximum absolute atomic E-state index is 10.3. The van der Waals surface area contributed by atoms with Crippen LogP contribution in [0.3, 0.4) is 0 Å². The van der Waals surface area contributed by atoms with Crippen LogP contribution in [0, 0.1) is 0 Å². The third kappa shape index (κ3) is 2.33. The number of rotatable bonds is 2. The summed E-state index contributed by atoms with van der Waals surface area (Å²) in [5, 5.41) is 0. The SMILES string of the molecule is Nc1ccccc1O[As](=O)O.